The molecule has 0 atom stereocenters. The molecular weight excluding hydrogens is 288 g/mol. The molecule has 0 radical (unpaired) electrons. The summed E-state index contributed by atoms with van der Waals surface area (Å²) < 4.78 is 1.35. The van der Waals surface area contributed by atoms with Crippen molar-refractivity contribution < 1.29 is 14.7 Å². The standard InChI is InChI=1S/C15H14N2O3S/c1-2-17-15(20)11(8-16-17)14(19)9-3-4-13-10(7-9)12(18)5-6-21-13/h3-4,7-8,20H,2,5-6H2,1H3. The number of benzene rings is 1. The van der Waals surface area contributed by atoms with Gasteiger partial charge < -0.3 is 5.11 Å². The Labute approximate surface area is 126 Å². The average Bonchev–Trinajstić information content (AvgIpc) is 2.87. The molecule has 0 bridgehead atoms. The number of hydrogen-bond donors (Lipinski definition) is 1. The molecular formula is C15H14N2O3S. The summed E-state index contributed by atoms with van der Waals surface area (Å²) in [6.45, 7) is 2.31. The summed E-state index contributed by atoms with van der Waals surface area (Å²) in [5.41, 5.74) is 1.16. The van der Waals surface area contributed by atoms with Crippen LogP contribution in [0.25, 0.3) is 0 Å². The molecule has 1 aromatic carbocycles. The van der Waals surface area contributed by atoms with Crippen LogP contribution >= 0.6 is 11.8 Å². The number of hydrogen-bond acceptors (Lipinski definition) is 5. The number of ketones is 2. The van der Waals surface area contributed by atoms with Gasteiger partial charge in [0.1, 0.15) is 5.56 Å². The number of fused-ring (bicyclic) bond motifs is 1. The minimum Gasteiger partial charge on any atom is -0.493 e. The van der Waals surface area contributed by atoms with Gasteiger partial charge in [-0.3, -0.25) is 9.59 Å². The van der Waals surface area contributed by atoms with Crippen molar-refractivity contribution in [1.29, 1.82) is 0 Å². The molecule has 0 saturated carbocycles. The summed E-state index contributed by atoms with van der Waals surface area (Å²) >= 11 is 1.62. The third kappa shape index (κ3) is 2.35. The lowest BCUT2D eigenvalue weighted by Gasteiger charge is -2.14. The molecule has 6 heteroatoms. The highest BCUT2D eigenvalue weighted by Gasteiger charge is 2.22. The van der Waals surface area contributed by atoms with E-state index in [0.29, 0.717) is 24.1 Å². The van der Waals surface area contributed by atoms with Crippen LogP contribution in [0.5, 0.6) is 5.88 Å². The zero-order chi connectivity index (χ0) is 15.0. The molecule has 0 saturated heterocycles. The van der Waals surface area contributed by atoms with Gasteiger partial charge in [-0.15, -0.1) is 11.8 Å². The Morgan fingerprint density at radius 1 is 1.48 bits per heavy atom. The first kappa shape index (κ1) is 13.9. The number of rotatable bonds is 3. The average molecular weight is 302 g/mol. The highest BCUT2D eigenvalue weighted by Crippen LogP contribution is 2.31. The maximum atomic E-state index is 12.5. The summed E-state index contributed by atoms with van der Waals surface area (Å²) in [6, 6.07) is 5.11. The summed E-state index contributed by atoms with van der Waals surface area (Å²) in [5.74, 6) is 0.384. The third-order valence-corrected chi connectivity index (χ3v) is 4.56. The Kier molecular flexibility index (Phi) is 3.55. The second-order valence-corrected chi connectivity index (χ2v) is 5.90. The van der Waals surface area contributed by atoms with Crippen LogP contribution in [0.15, 0.2) is 29.3 Å². The van der Waals surface area contributed by atoms with E-state index in [0.717, 1.165) is 10.6 Å². The topological polar surface area (TPSA) is 72.2 Å². The maximum Gasteiger partial charge on any atom is 0.220 e. The predicted molar refractivity (Wildman–Crippen MR) is 79.1 cm³/mol. The van der Waals surface area contributed by atoms with E-state index in [9.17, 15) is 14.7 Å². The molecule has 1 aromatic heterocycles. The number of aromatic hydroxyl groups is 1. The first-order valence-corrected chi connectivity index (χ1v) is 7.70. The number of thioether (sulfide) groups is 1. The van der Waals surface area contributed by atoms with Crippen LogP contribution in [0.4, 0.5) is 0 Å². The van der Waals surface area contributed by atoms with Crippen molar-refractivity contribution >= 4 is 23.3 Å². The van der Waals surface area contributed by atoms with Crippen LogP contribution in [-0.2, 0) is 6.54 Å². The first-order chi connectivity index (χ1) is 10.1. The molecule has 0 aliphatic carbocycles. The minimum atomic E-state index is -0.321. The predicted octanol–water partition coefficient (Wildman–Crippen LogP) is 2.52. The summed E-state index contributed by atoms with van der Waals surface area (Å²) in [5, 5.41) is 13.9. The van der Waals surface area contributed by atoms with Crippen LogP contribution in [-0.4, -0.2) is 32.2 Å². The van der Waals surface area contributed by atoms with E-state index < -0.39 is 0 Å². The molecule has 21 heavy (non-hydrogen) atoms. The Hall–Kier alpha value is -2.08. The lowest BCUT2D eigenvalue weighted by molar-refractivity contribution is 0.0985. The van der Waals surface area contributed by atoms with E-state index in [1.807, 2.05) is 6.92 Å². The fraction of sp³-hybridized carbons (Fsp3) is 0.267. The van der Waals surface area contributed by atoms with Crippen LogP contribution in [0.2, 0.25) is 0 Å². The zero-order valence-corrected chi connectivity index (χ0v) is 12.3. The van der Waals surface area contributed by atoms with E-state index in [-0.39, 0.29) is 23.0 Å². The Morgan fingerprint density at radius 3 is 3.00 bits per heavy atom. The largest absolute Gasteiger partial charge is 0.493 e. The SMILES string of the molecule is CCn1ncc(C(=O)c2ccc3c(c2)C(=O)CCS3)c1O. The lowest BCUT2D eigenvalue weighted by atomic mass is 10.0. The minimum absolute atomic E-state index is 0.0619. The van der Waals surface area contributed by atoms with Gasteiger partial charge in [0.2, 0.25) is 5.88 Å². The van der Waals surface area contributed by atoms with Gasteiger partial charge >= 0.3 is 0 Å². The summed E-state index contributed by atoms with van der Waals surface area (Å²) in [7, 11) is 0. The van der Waals surface area contributed by atoms with Crippen LogP contribution in [0.3, 0.4) is 0 Å². The molecule has 1 N–H and O–H groups in total. The van der Waals surface area contributed by atoms with Gasteiger partial charge in [-0.2, -0.15) is 5.10 Å². The first-order valence-electron chi connectivity index (χ1n) is 6.71. The van der Waals surface area contributed by atoms with Crippen LogP contribution in [0, 0.1) is 0 Å². The maximum absolute atomic E-state index is 12.5. The van der Waals surface area contributed by atoms with Crippen molar-refractivity contribution in [2.45, 2.75) is 24.8 Å². The van der Waals surface area contributed by atoms with Gasteiger partial charge in [0.25, 0.3) is 0 Å². The Bertz CT molecular complexity index is 737. The van der Waals surface area contributed by atoms with Crippen molar-refractivity contribution in [1.82, 2.24) is 9.78 Å². The number of carbonyl (C=O) groups excluding carboxylic acids is 2. The van der Waals surface area contributed by atoms with E-state index in [4.69, 9.17) is 0 Å². The fourth-order valence-corrected chi connectivity index (χ4v) is 3.33. The van der Waals surface area contributed by atoms with Gasteiger partial charge in [-0.05, 0) is 25.1 Å². The highest BCUT2D eigenvalue weighted by molar-refractivity contribution is 7.99. The molecule has 0 spiro atoms. The van der Waals surface area contributed by atoms with Crippen molar-refractivity contribution in [3.63, 3.8) is 0 Å². The monoisotopic (exact) mass is 302 g/mol. The molecule has 2 aromatic rings. The normalized spacial score (nSPS) is 14.0. The van der Waals surface area contributed by atoms with Crippen molar-refractivity contribution in [2.24, 2.45) is 0 Å². The van der Waals surface area contributed by atoms with E-state index >= 15 is 0 Å². The van der Waals surface area contributed by atoms with Crippen molar-refractivity contribution in [2.75, 3.05) is 5.75 Å². The molecule has 1 aliphatic heterocycles. The van der Waals surface area contributed by atoms with Crippen molar-refractivity contribution in [3.05, 3.63) is 41.1 Å². The summed E-state index contributed by atoms with van der Waals surface area (Å²) in [6.07, 6.45) is 1.85. The fourth-order valence-electron chi connectivity index (χ4n) is 2.33. The van der Waals surface area contributed by atoms with Gasteiger partial charge in [-0.1, -0.05) is 0 Å². The number of Topliss-reactive ketones (excluding diaryl/α,β-unsaturated/α-hetero) is 1. The smallest absolute Gasteiger partial charge is 0.220 e. The summed E-state index contributed by atoms with van der Waals surface area (Å²) in [4.78, 5) is 25.3. The lowest BCUT2D eigenvalue weighted by Crippen LogP contribution is -2.10. The molecule has 0 unspecified atom stereocenters. The van der Waals surface area contributed by atoms with E-state index in [2.05, 4.69) is 5.10 Å². The van der Waals surface area contributed by atoms with E-state index in [1.54, 1.807) is 30.0 Å². The van der Waals surface area contributed by atoms with Gasteiger partial charge in [0, 0.05) is 34.7 Å². The molecule has 3 rings (SSSR count). The number of nitrogens with zero attached hydrogens (tertiary/aromatic N) is 2. The van der Waals surface area contributed by atoms with Gasteiger partial charge in [0.05, 0.1) is 6.20 Å². The second-order valence-electron chi connectivity index (χ2n) is 4.76. The van der Waals surface area contributed by atoms with Crippen LogP contribution in [0.1, 0.15) is 39.6 Å². The Balaban J connectivity index is 2.00. The highest BCUT2D eigenvalue weighted by atomic mass is 32.2. The van der Waals surface area contributed by atoms with Crippen molar-refractivity contribution in [3.8, 4) is 5.88 Å². The number of aryl methyl sites for hydroxylation is 1. The quantitative estimate of drug-likeness (QED) is 0.882. The molecule has 108 valence electrons. The zero-order valence-electron chi connectivity index (χ0n) is 11.5. The molecule has 0 fully saturated rings. The molecule has 2 heterocycles. The van der Waals surface area contributed by atoms with E-state index in [1.165, 1.54) is 10.9 Å². The van der Waals surface area contributed by atoms with Gasteiger partial charge in [-0.25, -0.2) is 4.68 Å². The number of carbonyl (C=O) groups is 2. The molecule has 5 nitrogen and oxygen atoms in total. The Morgan fingerprint density at radius 2 is 2.29 bits per heavy atom. The van der Waals surface area contributed by atoms with Gasteiger partial charge in [0.15, 0.2) is 11.6 Å². The molecule has 0 amide bonds. The van der Waals surface area contributed by atoms with Crippen LogP contribution < -0.4 is 0 Å². The number of aromatic nitrogens is 2. The third-order valence-electron chi connectivity index (χ3n) is 3.48. The second kappa shape index (κ2) is 5.37. The molecule has 1 aliphatic rings.